The average molecular weight is 406 g/mol. The first-order chi connectivity index (χ1) is 15.2. The fourth-order valence-electron chi connectivity index (χ4n) is 4.58. The van der Waals surface area contributed by atoms with E-state index in [0.29, 0.717) is 0 Å². The third-order valence-electron chi connectivity index (χ3n) is 6.17. The summed E-state index contributed by atoms with van der Waals surface area (Å²) >= 11 is 0. The fourth-order valence-corrected chi connectivity index (χ4v) is 4.58. The van der Waals surface area contributed by atoms with E-state index in [2.05, 4.69) is 100 Å². The lowest BCUT2D eigenvalue weighted by molar-refractivity contribution is 0.704. The van der Waals surface area contributed by atoms with Crippen molar-refractivity contribution in [3.05, 3.63) is 89.0 Å². The van der Waals surface area contributed by atoms with Crippen LogP contribution >= 0.6 is 0 Å². The summed E-state index contributed by atoms with van der Waals surface area (Å²) in [5, 5.41) is 10.3. The first-order valence-corrected chi connectivity index (χ1v) is 10.7. The van der Waals surface area contributed by atoms with Gasteiger partial charge in [0.25, 0.3) is 0 Å². The molecule has 0 atom stereocenters. The van der Waals surface area contributed by atoms with Crippen molar-refractivity contribution in [2.24, 2.45) is 0 Å². The van der Waals surface area contributed by atoms with Gasteiger partial charge in [-0.25, -0.2) is 9.38 Å². The number of benzene rings is 3. The maximum Gasteiger partial charge on any atom is 0.214 e. The van der Waals surface area contributed by atoms with Crippen LogP contribution in [0, 0.1) is 13.8 Å². The van der Waals surface area contributed by atoms with Crippen LogP contribution in [-0.2, 0) is 13.0 Å². The topological polar surface area (TPSA) is 46.3 Å². The molecular formula is C26H23N5. The Hall–Kier alpha value is -3.73. The molecule has 0 amide bonds. The van der Waals surface area contributed by atoms with Gasteiger partial charge in [0.2, 0.25) is 5.95 Å². The van der Waals surface area contributed by atoms with E-state index in [9.17, 15) is 0 Å². The van der Waals surface area contributed by atoms with Gasteiger partial charge in [0.05, 0.1) is 5.52 Å². The molecule has 0 spiro atoms. The Labute approximate surface area is 181 Å². The van der Waals surface area contributed by atoms with Crippen LogP contribution in [0.1, 0.15) is 22.3 Å². The number of aryl methyl sites for hydroxylation is 2. The predicted octanol–water partition coefficient (Wildman–Crippen LogP) is 5.12. The Kier molecular flexibility index (Phi) is 4.03. The first kappa shape index (κ1) is 18.1. The van der Waals surface area contributed by atoms with Crippen molar-refractivity contribution in [3.63, 3.8) is 0 Å². The number of nitrogens with zero attached hydrogens (tertiary/aromatic N) is 5. The Morgan fingerprint density at radius 3 is 2.52 bits per heavy atom. The molecule has 2 aromatic heterocycles. The van der Waals surface area contributed by atoms with Crippen molar-refractivity contribution in [1.29, 1.82) is 0 Å². The zero-order valence-electron chi connectivity index (χ0n) is 17.7. The van der Waals surface area contributed by atoms with E-state index >= 15 is 0 Å². The van der Waals surface area contributed by atoms with Crippen LogP contribution in [0.15, 0.2) is 66.7 Å². The Balaban J connectivity index is 1.62. The van der Waals surface area contributed by atoms with Gasteiger partial charge in [-0.3, -0.25) is 0 Å². The fraction of sp³-hybridized carbons (Fsp3) is 0.192. The van der Waals surface area contributed by atoms with Gasteiger partial charge in [-0.1, -0.05) is 59.7 Å². The van der Waals surface area contributed by atoms with E-state index in [-0.39, 0.29) is 0 Å². The Morgan fingerprint density at radius 1 is 0.806 bits per heavy atom. The second kappa shape index (κ2) is 6.91. The monoisotopic (exact) mass is 405 g/mol. The summed E-state index contributed by atoms with van der Waals surface area (Å²) in [7, 11) is 0. The van der Waals surface area contributed by atoms with Crippen LogP contribution in [0.2, 0.25) is 0 Å². The lowest BCUT2D eigenvalue weighted by atomic mass is 10.0. The molecule has 3 heterocycles. The molecule has 0 saturated carbocycles. The third-order valence-corrected chi connectivity index (χ3v) is 6.17. The summed E-state index contributed by atoms with van der Waals surface area (Å²) in [4.78, 5) is 7.49. The molecule has 5 heteroatoms. The van der Waals surface area contributed by atoms with Gasteiger partial charge >= 0.3 is 0 Å². The van der Waals surface area contributed by atoms with Crippen LogP contribution in [-0.4, -0.2) is 26.1 Å². The molecule has 1 aliphatic rings. The third kappa shape index (κ3) is 2.96. The molecule has 0 aliphatic carbocycles. The molecule has 5 nitrogen and oxygen atoms in total. The van der Waals surface area contributed by atoms with E-state index in [0.717, 1.165) is 53.4 Å². The summed E-state index contributed by atoms with van der Waals surface area (Å²) < 4.78 is 2.14. The molecule has 3 aromatic carbocycles. The molecule has 6 rings (SSSR count). The summed E-state index contributed by atoms with van der Waals surface area (Å²) in [6, 6.07) is 23.5. The highest BCUT2D eigenvalue weighted by Gasteiger charge is 2.23. The molecule has 1 aliphatic heterocycles. The number of hydrogen-bond acceptors (Lipinski definition) is 4. The van der Waals surface area contributed by atoms with Crippen LogP contribution in [0.4, 0.5) is 5.95 Å². The minimum absolute atomic E-state index is 0.834. The highest BCUT2D eigenvalue weighted by Crippen LogP contribution is 2.31. The minimum Gasteiger partial charge on any atom is -0.337 e. The summed E-state index contributed by atoms with van der Waals surface area (Å²) in [5.74, 6) is 1.74. The number of hydrogen-bond donors (Lipinski definition) is 0. The molecule has 31 heavy (non-hydrogen) atoms. The van der Waals surface area contributed by atoms with Gasteiger partial charge in [0.15, 0.2) is 11.5 Å². The quantitative estimate of drug-likeness (QED) is 0.409. The summed E-state index contributed by atoms with van der Waals surface area (Å²) in [6.07, 6.45) is 1.01. The van der Waals surface area contributed by atoms with Crippen molar-refractivity contribution in [2.75, 3.05) is 11.4 Å². The van der Waals surface area contributed by atoms with Crippen molar-refractivity contribution >= 4 is 22.5 Å². The average Bonchev–Trinajstić information content (AvgIpc) is 3.24. The Morgan fingerprint density at radius 2 is 1.65 bits per heavy atom. The zero-order valence-corrected chi connectivity index (χ0v) is 17.7. The molecule has 0 unspecified atom stereocenters. The SMILES string of the molecule is Cc1cccc(-c2nnc3c4cc(C)ccc4nc(N4CCc5ccccc5C4)n23)c1. The highest BCUT2D eigenvalue weighted by molar-refractivity contribution is 5.94. The maximum absolute atomic E-state index is 5.13. The molecule has 5 aromatic rings. The molecule has 0 N–H and O–H groups in total. The van der Waals surface area contributed by atoms with Crippen LogP contribution < -0.4 is 4.90 Å². The number of fused-ring (bicyclic) bond motifs is 4. The summed E-state index contributed by atoms with van der Waals surface area (Å²) in [5.41, 5.74) is 8.05. The number of anilines is 1. The second-order valence-electron chi connectivity index (χ2n) is 8.42. The second-order valence-corrected chi connectivity index (χ2v) is 8.42. The van der Waals surface area contributed by atoms with Crippen molar-refractivity contribution in [1.82, 2.24) is 19.6 Å². The maximum atomic E-state index is 5.13. The molecule has 0 bridgehead atoms. The van der Waals surface area contributed by atoms with Gasteiger partial charge in [-0.2, -0.15) is 0 Å². The van der Waals surface area contributed by atoms with E-state index in [1.54, 1.807) is 0 Å². The minimum atomic E-state index is 0.834. The van der Waals surface area contributed by atoms with Crippen molar-refractivity contribution in [2.45, 2.75) is 26.8 Å². The molecule has 152 valence electrons. The largest absolute Gasteiger partial charge is 0.337 e. The molecule has 0 radical (unpaired) electrons. The van der Waals surface area contributed by atoms with Crippen LogP contribution in [0.3, 0.4) is 0 Å². The number of rotatable bonds is 2. The van der Waals surface area contributed by atoms with Gasteiger partial charge in [0, 0.05) is 24.0 Å². The lowest BCUT2D eigenvalue weighted by Gasteiger charge is -2.30. The number of aromatic nitrogens is 4. The van der Waals surface area contributed by atoms with Crippen LogP contribution in [0.5, 0.6) is 0 Å². The highest BCUT2D eigenvalue weighted by atomic mass is 15.4. The standard InChI is InChI=1S/C26H23N5/c1-17-6-5-9-20(14-17)24-28-29-25-22-15-18(2)10-11-23(22)27-26(31(24)25)30-13-12-19-7-3-4-8-21(19)16-30/h3-11,14-15H,12-13,16H2,1-2H3. The molecule has 0 fully saturated rings. The first-order valence-electron chi connectivity index (χ1n) is 10.7. The smallest absolute Gasteiger partial charge is 0.214 e. The van der Waals surface area contributed by atoms with Gasteiger partial charge in [-0.15, -0.1) is 10.2 Å². The Bertz CT molecular complexity index is 1450. The predicted molar refractivity (Wildman–Crippen MR) is 124 cm³/mol. The van der Waals surface area contributed by atoms with E-state index in [1.807, 2.05) is 0 Å². The zero-order chi connectivity index (χ0) is 20.9. The van der Waals surface area contributed by atoms with Crippen molar-refractivity contribution in [3.8, 4) is 11.4 Å². The van der Waals surface area contributed by atoms with Gasteiger partial charge in [0.1, 0.15) is 0 Å². The molecular weight excluding hydrogens is 382 g/mol. The van der Waals surface area contributed by atoms with E-state index < -0.39 is 0 Å². The van der Waals surface area contributed by atoms with E-state index in [1.165, 1.54) is 22.3 Å². The van der Waals surface area contributed by atoms with E-state index in [4.69, 9.17) is 4.98 Å². The van der Waals surface area contributed by atoms with Crippen molar-refractivity contribution < 1.29 is 0 Å². The van der Waals surface area contributed by atoms with Gasteiger partial charge in [-0.05, 0) is 49.6 Å². The normalized spacial score (nSPS) is 13.7. The lowest BCUT2D eigenvalue weighted by Crippen LogP contribution is -2.32. The summed E-state index contributed by atoms with van der Waals surface area (Å²) in [6.45, 7) is 5.96. The van der Waals surface area contributed by atoms with Crippen LogP contribution in [0.25, 0.3) is 27.9 Å². The molecule has 0 saturated heterocycles. The van der Waals surface area contributed by atoms with Gasteiger partial charge < -0.3 is 4.90 Å².